The van der Waals surface area contributed by atoms with Gasteiger partial charge in [-0.1, -0.05) is 0 Å². The zero-order chi connectivity index (χ0) is 28.3. The number of fused-ring (bicyclic) bond motifs is 1. The Hall–Kier alpha value is -3.90. The quantitative estimate of drug-likeness (QED) is 0.411. The number of ether oxygens (including phenoxy) is 2. The Labute approximate surface area is 229 Å². The van der Waals surface area contributed by atoms with Crippen LogP contribution < -0.4 is 10.1 Å². The number of nitrogens with one attached hydrogen (secondary N) is 2. The molecule has 5 rings (SSSR count). The van der Waals surface area contributed by atoms with E-state index in [2.05, 4.69) is 20.2 Å². The summed E-state index contributed by atoms with van der Waals surface area (Å²) in [5.41, 5.74) is 4.77. The van der Waals surface area contributed by atoms with Gasteiger partial charge in [0, 0.05) is 74.4 Å². The molecule has 0 spiro atoms. The molecule has 0 bridgehead atoms. The first-order valence-corrected chi connectivity index (χ1v) is 13.0. The van der Waals surface area contributed by atoms with Gasteiger partial charge in [-0.3, -0.25) is 14.7 Å². The minimum Gasteiger partial charge on any atom is -0.490 e. The zero-order valence-electron chi connectivity index (χ0n) is 22.0. The van der Waals surface area contributed by atoms with Crippen molar-refractivity contribution in [1.29, 1.82) is 0 Å². The molecule has 4 heterocycles. The average Bonchev–Trinajstić information content (AvgIpc) is 3.39. The van der Waals surface area contributed by atoms with Crippen molar-refractivity contribution >= 4 is 11.9 Å². The lowest BCUT2D eigenvalue weighted by Gasteiger charge is -2.34. The lowest BCUT2D eigenvalue weighted by molar-refractivity contribution is -0.206. The van der Waals surface area contributed by atoms with Gasteiger partial charge in [-0.05, 0) is 49.5 Å². The molecule has 1 atom stereocenters. The van der Waals surface area contributed by atoms with Crippen LogP contribution in [0.2, 0.25) is 0 Å². The van der Waals surface area contributed by atoms with Crippen molar-refractivity contribution < 1.29 is 32.2 Å². The fraction of sp³-hybridized carbons (Fsp3) is 0.393. The summed E-state index contributed by atoms with van der Waals surface area (Å²) in [4.78, 5) is 35.5. The highest BCUT2D eigenvalue weighted by Crippen LogP contribution is 2.28. The Morgan fingerprint density at radius 1 is 1.07 bits per heavy atom. The van der Waals surface area contributed by atoms with Gasteiger partial charge in [-0.15, -0.1) is 0 Å². The highest BCUT2D eigenvalue weighted by molar-refractivity contribution is 5.97. The normalized spacial score (nSPS) is 17.1. The molecule has 0 aliphatic carbocycles. The van der Waals surface area contributed by atoms with E-state index in [1.807, 2.05) is 30.1 Å². The Bertz CT molecular complexity index is 1350. The number of aromatic amines is 1. The number of rotatable bonds is 8. The molecular weight excluding hydrogens is 527 g/mol. The smallest absolute Gasteiger partial charge is 0.490 e. The van der Waals surface area contributed by atoms with Crippen molar-refractivity contribution in [2.45, 2.75) is 18.7 Å². The number of esters is 1. The topological polar surface area (TPSA) is 99.8 Å². The number of hydrogen-bond acceptors (Lipinski definition) is 7. The van der Waals surface area contributed by atoms with Crippen LogP contribution in [-0.4, -0.2) is 96.8 Å². The first kappa shape index (κ1) is 27.7. The standard InChI is InChI=1S/C28H30F3N5O4/c1-35-10-12-36(13-11-35)16-21(40-27(38)28(29,30)31)17-39-20-4-2-18(3-5-20)24-14-19(6-8-32-24)25-15-22-23(34-25)7-9-33-26(22)37/h2-6,8,14-15,21,34H,7,9-13,16-17H2,1H3,(H,33,37). The number of likely N-dealkylation sites (N-methyl/N-ethyl adjacent to an activating group) is 1. The number of nitrogens with zero attached hydrogens (tertiary/aromatic N) is 3. The van der Waals surface area contributed by atoms with Crippen LogP contribution in [0.1, 0.15) is 16.1 Å². The molecule has 2 aliphatic heterocycles. The molecule has 0 saturated carbocycles. The molecule has 1 amide bonds. The van der Waals surface area contributed by atoms with E-state index in [-0.39, 0.29) is 19.1 Å². The van der Waals surface area contributed by atoms with E-state index in [4.69, 9.17) is 9.47 Å². The molecule has 2 N–H and O–H groups in total. The molecule has 2 aromatic heterocycles. The maximum absolute atomic E-state index is 12.9. The van der Waals surface area contributed by atoms with Gasteiger partial charge < -0.3 is 24.7 Å². The number of hydrogen-bond donors (Lipinski definition) is 2. The van der Waals surface area contributed by atoms with Crippen LogP contribution in [0, 0.1) is 0 Å². The van der Waals surface area contributed by atoms with Crippen molar-refractivity contribution in [1.82, 2.24) is 25.1 Å². The Morgan fingerprint density at radius 2 is 1.82 bits per heavy atom. The lowest BCUT2D eigenvalue weighted by atomic mass is 10.1. The zero-order valence-corrected chi connectivity index (χ0v) is 22.0. The second-order valence-electron chi connectivity index (χ2n) is 9.98. The minimum absolute atomic E-state index is 0.0902. The average molecular weight is 558 g/mol. The fourth-order valence-electron chi connectivity index (χ4n) is 4.78. The highest BCUT2D eigenvalue weighted by Gasteiger charge is 2.42. The summed E-state index contributed by atoms with van der Waals surface area (Å²) in [5, 5.41) is 2.84. The number of piperazine rings is 1. The van der Waals surface area contributed by atoms with Gasteiger partial charge in [-0.25, -0.2) is 4.79 Å². The summed E-state index contributed by atoms with van der Waals surface area (Å²) in [5.74, 6) is -1.89. The third kappa shape index (κ3) is 6.62. The number of benzene rings is 1. The summed E-state index contributed by atoms with van der Waals surface area (Å²) in [7, 11) is 1.98. The summed E-state index contributed by atoms with van der Waals surface area (Å²) < 4.78 is 49.1. The number of aromatic nitrogens is 2. The summed E-state index contributed by atoms with van der Waals surface area (Å²) >= 11 is 0. The monoisotopic (exact) mass is 557 g/mol. The molecule has 40 heavy (non-hydrogen) atoms. The minimum atomic E-state index is -5.07. The van der Waals surface area contributed by atoms with Gasteiger partial charge in [0.1, 0.15) is 18.5 Å². The van der Waals surface area contributed by atoms with E-state index in [0.29, 0.717) is 36.6 Å². The van der Waals surface area contributed by atoms with E-state index in [9.17, 15) is 22.8 Å². The van der Waals surface area contributed by atoms with Crippen molar-refractivity contribution in [3.05, 3.63) is 59.9 Å². The van der Waals surface area contributed by atoms with Crippen LogP contribution in [0.15, 0.2) is 48.7 Å². The number of carbonyl (C=O) groups excluding carboxylic acids is 2. The van der Waals surface area contributed by atoms with Gasteiger partial charge in [0.2, 0.25) is 0 Å². The summed E-state index contributed by atoms with van der Waals surface area (Å²) in [6.07, 6.45) is -3.72. The van der Waals surface area contributed by atoms with E-state index in [0.717, 1.165) is 42.0 Å². The number of pyridine rings is 1. The SMILES string of the molecule is CN1CCN(CC(COc2ccc(-c3cc(-c4cc5c([nH]4)CCNC5=O)ccn3)cc2)OC(=O)C(F)(F)F)CC1. The first-order chi connectivity index (χ1) is 19.2. The predicted molar refractivity (Wildman–Crippen MR) is 141 cm³/mol. The molecule has 9 nitrogen and oxygen atoms in total. The number of alkyl halides is 3. The summed E-state index contributed by atoms with van der Waals surface area (Å²) in [6, 6.07) is 12.6. The predicted octanol–water partition coefficient (Wildman–Crippen LogP) is 3.13. The Morgan fingerprint density at radius 3 is 2.52 bits per heavy atom. The maximum atomic E-state index is 12.9. The Balaban J connectivity index is 1.25. The maximum Gasteiger partial charge on any atom is 0.490 e. The molecule has 3 aromatic rings. The number of carbonyl (C=O) groups is 2. The highest BCUT2D eigenvalue weighted by atomic mass is 19.4. The van der Waals surface area contributed by atoms with Gasteiger partial charge in [0.25, 0.3) is 5.91 Å². The number of halogens is 3. The second-order valence-corrected chi connectivity index (χ2v) is 9.98. The van der Waals surface area contributed by atoms with Crippen LogP contribution in [0.5, 0.6) is 5.75 Å². The molecule has 1 saturated heterocycles. The van der Waals surface area contributed by atoms with E-state index in [1.54, 1.807) is 30.5 Å². The molecule has 1 aromatic carbocycles. The van der Waals surface area contributed by atoms with Gasteiger partial charge in [-0.2, -0.15) is 13.2 Å². The molecular formula is C28H30F3N5O4. The largest absolute Gasteiger partial charge is 0.490 e. The van der Waals surface area contributed by atoms with Crippen molar-refractivity contribution in [3.63, 3.8) is 0 Å². The lowest BCUT2D eigenvalue weighted by Crippen LogP contribution is -2.49. The first-order valence-electron chi connectivity index (χ1n) is 13.0. The van der Waals surface area contributed by atoms with Crippen molar-refractivity contribution in [2.75, 3.05) is 52.9 Å². The second kappa shape index (κ2) is 11.7. The van der Waals surface area contributed by atoms with E-state index < -0.39 is 18.2 Å². The van der Waals surface area contributed by atoms with Crippen LogP contribution in [0.3, 0.4) is 0 Å². The fourth-order valence-corrected chi connectivity index (χ4v) is 4.78. The summed E-state index contributed by atoms with van der Waals surface area (Å²) in [6.45, 7) is 3.41. The van der Waals surface area contributed by atoms with Crippen LogP contribution in [0.4, 0.5) is 13.2 Å². The van der Waals surface area contributed by atoms with Gasteiger partial charge >= 0.3 is 12.1 Å². The van der Waals surface area contributed by atoms with Crippen LogP contribution >= 0.6 is 0 Å². The molecule has 2 aliphatic rings. The van der Waals surface area contributed by atoms with Crippen molar-refractivity contribution in [3.8, 4) is 28.3 Å². The third-order valence-electron chi connectivity index (χ3n) is 7.02. The van der Waals surface area contributed by atoms with Crippen LogP contribution in [0.25, 0.3) is 22.5 Å². The van der Waals surface area contributed by atoms with Gasteiger partial charge in [0.05, 0.1) is 11.3 Å². The van der Waals surface area contributed by atoms with Crippen LogP contribution in [-0.2, 0) is 16.0 Å². The van der Waals surface area contributed by atoms with E-state index in [1.165, 1.54) is 0 Å². The number of H-pyrrole nitrogens is 1. The number of amides is 1. The Kier molecular flexibility index (Phi) is 8.08. The third-order valence-corrected chi connectivity index (χ3v) is 7.02. The molecule has 0 radical (unpaired) electrons. The molecule has 1 fully saturated rings. The molecule has 212 valence electrons. The molecule has 12 heteroatoms. The van der Waals surface area contributed by atoms with E-state index >= 15 is 0 Å². The molecule has 1 unspecified atom stereocenters. The van der Waals surface area contributed by atoms with Gasteiger partial charge in [0.15, 0.2) is 0 Å². The van der Waals surface area contributed by atoms with Crippen molar-refractivity contribution in [2.24, 2.45) is 0 Å².